The van der Waals surface area contributed by atoms with Crippen LogP contribution in [0.15, 0.2) is 0 Å². The van der Waals surface area contributed by atoms with Crippen LogP contribution in [0.1, 0.15) is 19.3 Å². The first-order chi connectivity index (χ1) is 6.34. The Morgan fingerprint density at radius 1 is 1.38 bits per heavy atom. The molecule has 0 saturated carbocycles. The Balaban J connectivity index is 2.09. The number of hydrogen-bond donors (Lipinski definition) is 2. The fourth-order valence-corrected chi connectivity index (χ4v) is 1.94. The zero-order valence-electron chi connectivity index (χ0n) is 8.97. The second kappa shape index (κ2) is 6.35. The molecule has 13 heavy (non-hydrogen) atoms. The minimum absolute atomic E-state index is 0.818. The Kier molecular flexibility index (Phi) is 5.35. The summed E-state index contributed by atoms with van der Waals surface area (Å²) in [5.41, 5.74) is 0. The summed E-state index contributed by atoms with van der Waals surface area (Å²) < 4.78 is 0. The summed E-state index contributed by atoms with van der Waals surface area (Å²) in [5.74, 6) is 0. The molecule has 1 rings (SSSR count). The van der Waals surface area contributed by atoms with Gasteiger partial charge in [-0.1, -0.05) is 0 Å². The van der Waals surface area contributed by atoms with Crippen LogP contribution in [0.25, 0.3) is 0 Å². The molecule has 0 spiro atoms. The molecule has 0 radical (unpaired) electrons. The number of piperidine rings is 1. The zero-order valence-corrected chi connectivity index (χ0v) is 8.97. The maximum absolute atomic E-state index is 3.40. The highest BCUT2D eigenvalue weighted by Gasteiger charge is 2.16. The van der Waals surface area contributed by atoms with Crippen molar-refractivity contribution in [3.8, 4) is 0 Å². The summed E-state index contributed by atoms with van der Waals surface area (Å²) in [6, 6.07) is 0.818. The van der Waals surface area contributed by atoms with E-state index < -0.39 is 0 Å². The normalized spacial score (nSPS) is 19.6. The maximum Gasteiger partial charge on any atom is 0.0116 e. The molecule has 0 aliphatic carbocycles. The van der Waals surface area contributed by atoms with Crippen molar-refractivity contribution in [2.24, 2.45) is 0 Å². The van der Waals surface area contributed by atoms with E-state index in [-0.39, 0.29) is 0 Å². The van der Waals surface area contributed by atoms with E-state index in [0.717, 1.165) is 12.6 Å². The van der Waals surface area contributed by atoms with E-state index in [9.17, 15) is 0 Å². The van der Waals surface area contributed by atoms with Gasteiger partial charge in [0.05, 0.1) is 0 Å². The van der Waals surface area contributed by atoms with E-state index in [0.29, 0.717) is 0 Å². The monoisotopic (exact) mass is 185 g/mol. The second-order valence-electron chi connectivity index (χ2n) is 3.92. The van der Waals surface area contributed by atoms with Crippen molar-refractivity contribution in [1.29, 1.82) is 0 Å². The van der Waals surface area contributed by atoms with Crippen LogP contribution in [0.3, 0.4) is 0 Å². The number of nitrogens with one attached hydrogen (secondary N) is 2. The quantitative estimate of drug-likeness (QED) is 0.603. The lowest BCUT2D eigenvalue weighted by Crippen LogP contribution is -2.41. The van der Waals surface area contributed by atoms with Crippen molar-refractivity contribution in [3.05, 3.63) is 0 Å². The van der Waals surface area contributed by atoms with Crippen molar-refractivity contribution in [1.82, 2.24) is 15.5 Å². The van der Waals surface area contributed by atoms with E-state index in [4.69, 9.17) is 0 Å². The molecule has 3 heteroatoms. The average molecular weight is 185 g/mol. The lowest BCUT2D eigenvalue weighted by molar-refractivity contribution is 0.197. The predicted octanol–water partition coefficient (Wildman–Crippen LogP) is 0.280. The molecule has 0 atom stereocenters. The van der Waals surface area contributed by atoms with Gasteiger partial charge in [0.25, 0.3) is 0 Å². The third-order valence-corrected chi connectivity index (χ3v) is 2.87. The first-order valence-corrected chi connectivity index (χ1v) is 5.40. The van der Waals surface area contributed by atoms with Crippen molar-refractivity contribution < 1.29 is 0 Å². The predicted molar refractivity (Wildman–Crippen MR) is 57.1 cm³/mol. The van der Waals surface area contributed by atoms with Crippen molar-refractivity contribution in [2.45, 2.75) is 25.3 Å². The summed E-state index contributed by atoms with van der Waals surface area (Å²) in [7, 11) is 4.27. The highest BCUT2D eigenvalue weighted by molar-refractivity contribution is 4.75. The van der Waals surface area contributed by atoms with Crippen LogP contribution in [-0.4, -0.2) is 51.2 Å². The van der Waals surface area contributed by atoms with Gasteiger partial charge >= 0.3 is 0 Å². The van der Waals surface area contributed by atoms with Crippen LogP contribution in [-0.2, 0) is 0 Å². The Morgan fingerprint density at radius 2 is 2.08 bits per heavy atom. The maximum atomic E-state index is 3.40. The highest BCUT2D eigenvalue weighted by atomic mass is 15.1. The van der Waals surface area contributed by atoms with Crippen LogP contribution in [0.5, 0.6) is 0 Å². The molecule has 1 heterocycles. The molecule has 0 unspecified atom stereocenters. The Labute approximate surface area is 81.9 Å². The van der Waals surface area contributed by atoms with E-state index in [2.05, 4.69) is 22.6 Å². The van der Waals surface area contributed by atoms with Gasteiger partial charge in [0.1, 0.15) is 0 Å². The standard InChI is InChI=1S/C10H23N3/c1-11-6-3-9-13(2)10-4-7-12-8-5-10/h10-12H,3-9H2,1-2H3. The Hall–Kier alpha value is -0.120. The van der Waals surface area contributed by atoms with Crippen LogP contribution < -0.4 is 10.6 Å². The molecular weight excluding hydrogens is 162 g/mol. The Bertz CT molecular complexity index is 121. The molecule has 1 aliphatic rings. The van der Waals surface area contributed by atoms with Crippen LogP contribution in [0, 0.1) is 0 Å². The molecule has 78 valence electrons. The van der Waals surface area contributed by atoms with Crippen molar-refractivity contribution in [3.63, 3.8) is 0 Å². The fraction of sp³-hybridized carbons (Fsp3) is 1.00. The van der Waals surface area contributed by atoms with Gasteiger partial charge in [-0.3, -0.25) is 0 Å². The lowest BCUT2D eigenvalue weighted by Gasteiger charge is -2.31. The number of hydrogen-bond acceptors (Lipinski definition) is 3. The first-order valence-electron chi connectivity index (χ1n) is 5.40. The molecule has 2 N–H and O–H groups in total. The van der Waals surface area contributed by atoms with E-state index in [1.54, 1.807) is 0 Å². The molecule has 1 saturated heterocycles. The van der Waals surface area contributed by atoms with E-state index >= 15 is 0 Å². The summed E-state index contributed by atoms with van der Waals surface area (Å²) >= 11 is 0. The SMILES string of the molecule is CNCCCN(C)C1CCNCC1. The van der Waals surface area contributed by atoms with Gasteiger partial charge in [-0.15, -0.1) is 0 Å². The number of nitrogens with zero attached hydrogens (tertiary/aromatic N) is 1. The fourth-order valence-electron chi connectivity index (χ4n) is 1.94. The molecule has 0 aromatic rings. The van der Waals surface area contributed by atoms with Gasteiger partial charge in [-0.05, 0) is 59.5 Å². The van der Waals surface area contributed by atoms with Crippen molar-refractivity contribution >= 4 is 0 Å². The van der Waals surface area contributed by atoms with Gasteiger partial charge < -0.3 is 15.5 Å². The van der Waals surface area contributed by atoms with Gasteiger partial charge in [0.15, 0.2) is 0 Å². The smallest absolute Gasteiger partial charge is 0.0116 e. The molecule has 0 aromatic carbocycles. The Morgan fingerprint density at radius 3 is 2.69 bits per heavy atom. The molecular formula is C10H23N3. The van der Waals surface area contributed by atoms with E-state index in [1.807, 2.05) is 7.05 Å². The van der Waals surface area contributed by atoms with Crippen LogP contribution >= 0.6 is 0 Å². The topological polar surface area (TPSA) is 27.3 Å². The molecule has 3 nitrogen and oxygen atoms in total. The third kappa shape index (κ3) is 4.07. The van der Waals surface area contributed by atoms with Gasteiger partial charge in [-0.2, -0.15) is 0 Å². The van der Waals surface area contributed by atoms with Gasteiger partial charge in [0.2, 0.25) is 0 Å². The van der Waals surface area contributed by atoms with Crippen LogP contribution in [0.4, 0.5) is 0 Å². The van der Waals surface area contributed by atoms with Crippen molar-refractivity contribution in [2.75, 3.05) is 40.3 Å². The summed E-state index contributed by atoms with van der Waals surface area (Å²) in [4.78, 5) is 2.51. The zero-order chi connectivity index (χ0) is 9.52. The molecule has 0 bridgehead atoms. The highest BCUT2D eigenvalue weighted by Crippen LogP contribution is 2.09. The summed E-state index contributed by atoms with van der Waals surface area (Å²) in [5, 5.41) is 6.58. The average Bonchev–Trinajstić information content (AvgIpc) is 2.19. The molecule has 0 aromatic heterocycles. The van der Waals surface area contributed by atoms with E-state index in [1.165, 1.54) is 38.9 Å². The first kappa shape index (κ1) is 11.0. The molecule has 1 fully saturated rings. The lowest BCUT2D eigenvalue weighted by atomic mass is 10.1. The van der Waals surface area contributed by atoms with Gasteiger partial charge in [0, 0.05) is 6.04 Å². The minimum atomic E-state index is 0.818. The van der Waals surface area contributed by atoms with Gasteiger partial charge in [-0.25, -0.2) is 0 Å². The molecule has 1 aliphatic heterocycles. The second-order valence-corrected chi connectivity index (χ2v) is 3.92. The third-order valence-electron chi connectivity index (χ3n) is 2.87. The summed E-state index contributed by atoms with van der Waals surface area (Å²) in [6.45, 7) is 4.75. The van der Waals surface area contributed by atoms with Crippen LogP contribution in [0.2, 0.25) is 0 Å². The summed E-state index contributed by atoms with van der Waals surface area (Å²) in [6.07, 6.45) is 3.89. The number of rotatable bonds is 5. The largest absolute Gasteiger partial charge is 0.320 e. The molecule has 0 amide bonds. The minimum Gasteiger partial charge on any atom is -0.320 e.